The van der Waals surface area contributed by atoms with Crippen molar-refractivity contribution in [2.24, 2.45) is 5.92 Å². The number of carbonyl (C=O) groups is 2. The molecule has 162 valence electrons. The lowest BCUT2D eigenvalue weighted by atomic mass is 9.74. The van der Waals surface area contributed by atoms with Crippen LogP contribution in [0.15, 0.2) is 47.8 Å². The zero-order valence-electron chi connectivity index (χ0n) is 18.0. The Morgan fingerprint density at radius 2 is 1.90 bits per heavy atom. The number of thiophene rings is 1. The third kappa shape index (κ3) is 4.68. The number of imide groups is 1. The number of carbonyl (C=O) groups excluding carboxylic acids is 2. The fraction of sp³-hybridized carbons (Fsp3) is 0.440. The highest BCUT2D eigenvalue weighted by Crippen LogP contribution is 2.37. The molecule has 5 nitrogen and oxygen atoms in total. The average Bonchev–Trinajstić information content (AvgIpc) is 3.39. The molecule has 0 unspecified atom stereocenters. The predicted octanol–water partition coefficient (Wildman–Crippen LogP) is 3.91. The van der Waals surface area contributed by atoms with E-state index in [4.69, 9.17) is 0 Å². The van der Waals surface area contributed by atoms with Crippen molar-refractivity contribution in [3.63, 3.8) is 0 Å². The van der Waals surface area contributed by atoms with Crippen LogP contribution in [0.3, 0.4) is 0 Å². The third-order valence-corrected chi connectivity index (χ3v) is 7.37. The quantitative estimate of drug-likeness (QED) is 0.530. The number of hydrogen-bond donors (Lipinski definition) is 1. The van der Waals surface area contributed by atoms with Crippen LogP contribution >= 0.6 is 11.3 Å². The Bertz CT molecular complexity index is 956. The number of benzene rings is 1. The molecule has 2 fully saturated rings. The molecule has 0 saturated carbocycles. The summed E-state index contributed by atoms with van der Waals surface area (Å²) in [5.41, 5.74) is 0.350. The van der Waals surface area contributed by atoms with Crippen molar-refractivity contribution in [2.75, 3.05) is 19.6 Å². The van der Waals surface area contributed by atoms with Gasteiger partial charge in [0.1, 0.15) is 5.54 Å². The van der Waals surface area contributed by atoms with Gasteiger partial charge in [0, 0.05) is 11.4 Å². The molecule has 0 radical (unpaired) electrons. The van der Waals surface area contributed by atoms with Crippen LogP contribution in [0.25, 0.3) is 0 Å². The lowest BCUT2D eigenvalue weighted by molar-refractivity contribution is -0.134. The highest BCUT2D eigenvalue weighted by atomic mass is 32.1. The van der Waals surface area contributed by atoms with Gasteiger partial charge in [0.05, 0.1) is 6.54 Å². The molecule has 2 aromatic rings. The van der Waals surface area contributed by atoms with Gasteiger partial charge in [-0.25, -0.2) is 4.79 Å². The second-order valence-electron chi connectivity index (χ2n) is 8.33. The number of amides is 3. The van der Waals surface area contributed by atoms with Gasteiger partial charge in [-0.15, -0.1) is 17.3 Å². The van der Waals surface area contributed by atoms with Gasteiger partial charge in [-0.1, -0.05) is 42.3 Å². The Labute approximate surface area is 188 Å². The molecule has 2 aliphatic heterocycles. The van der Waals surface area contributed by atoms with Crippen LogP contribution in [0.4, 0.5) is 4.79 Å². The Balaban J connectivity index is 1.50. The highest BCUT2D eigenvalue weighted by molar-refractivity contribution is 7.09. The molecular formula is C25H29N3O2S. The van der Waals surface area contributed by atoms with Gasteiger partial charge >= 0.3 is 6.03 Å². The van der Waals surface area contributed by atoms with E-state index in [-0.39, 0.29) is 24.4 Å². The minimum absolute atomic E-state index is 0.104. The van der Waals surface area contributed by atoms with Gasteiger partial charge in [-0.05, 0) is 68.6 Å². The van der Waals surface area contributed by atoms with Crippen molar-refractivity contribution < 1.29 is 9.59 Å². The molecule has 1 atom stereocenters. The largest absolute Gasteiger partial charge is 0.325 e. The van der Waals surface area contributed by atoms with E-state index in [0.717, 1.165) is 38.9 Å². The van der Waals surface area contributed by atoms with Crippen LogP contribution in [0, 0.1) is 17.8 Å². The summed E-state index contributed by atoms with van der Waals surface area (Å²) in [4.78, 5) is 31.4. The van der Waals surface area contributed by atoms with Crippen molar-refractivity contribution >= 4 is 23.3 Å². The van der Waals surface area contributed by atoms with Crippen LogP contribution in [0.1, 0.15) is 36.6 Å². The zero-order chi connectivity index (χ0) is 21.7. The van der Waals surface area contributed by atoms with E-state index < -0.39 is 5.54 Å². The molecule has 31 heavy (non-hydrogen) atoms. The lowest BCUT2D eigenvalue weighted by Crippen LogP contribution is -2.56. The van der Waals surface area contributed by atoms with E-state index >= 15 is 0 Å². The molecule has 1 N–H and O–H groups in total. The maximum atomic E-state index is 13.6. The first-order valence-electron chi connectivity index (χ1n) is 10.9. The first-order valence-corrected chi connectivity index (χ1v) is 11.8. The topological polar surface area (TPSA) is 52.7 Å². The normalized spacial score (nSPS) is 22.3. The molecule has 6 heteroatoms. The standard InChI is InChI=1S/C25H29N3O2S/c1-2-3-15-28-23(29)25(26-24(28)30,14-11-20-8-5-4-6-9-20)21-12-16-27(17-13-21)19-22-10-7-18-31-22/h4-10,18,21H,11-17,19H2,1H3,(H,26,30)/t25-/m0/s1. The molecule has 3 amide bonds. The number of aryl methyl sites for hydroxylation is 1. The summed E-state index contributed by atoms with van der Waals surface area (Å²) in [6, 6.07) is 14.2. The first kappa shape index (κ1) is 21.6. The van der Waals surface area contributed by atoms with Gasteiger partial charge < -0.3 is 5.32 Å². The maximum Gasteiger partial charge on any atom is 0.325 e. The smallest absolute Gasteiger partial charge is 0.323 e. The monoisotopic (exact) mass is 435 g/mol. The predicted molar refractivity (Wildman–Crippen MR) is 124 cm³/mol. The number of rotatable bonds is 7. The van der Waals surface area contributed by atoms with Crippen LogP contribution in [0.2, 0.25) is 0 Å². The fourth-order valence-corrected chi connectivity index (χ4v) is 5.54. The number of urea groups is 1. The summed E-state index contributed by atoms with van der Waals surface area (Å²) in [6.07, 6.45) is 3.18. The molecule has 0 aliphatic carbocycles. The van der Waals surface area contributed by atoms with Crippen LogP contribution in [0.5, 0.6) is 0 Å². The molecule has 2 aliphatic rings. The zero-order valence-corrected chi connectivity index (χ0v) is 18.8. The average molecular weight is 436 g/mol. The Morgan fingerprint density at radius 1 is 1.13 bits per heavy atom. The minimum Gasteiger partial charge on any atom is -0.323 e. The van der Waals surface area contributed by atoms with Crippen LogP contribution in [-0.4, -0.2) is 46.9 Å². The van der Waals surface area contributed by atoms with Gasteiger partial charge in [-0.2, -0.15) is 0 Å². The SMILES string of the molecule is CC#CCN1C(=O)N[C@@](CCc2ccccc2)(C2CCN(Cc3cccs3)CC2)C1=O. The maximum absolute atomic E-state index is 13.6. The number of hydrogen-bond acceptors (Lipinski definition) is 4. The highest BCUT2D eigenvalue weighted by Gasteiger charge is 2.55. The Hall–Kier alpha value is -2.62. The van der Waals surface area contributed by atoms with Crippen molar-refractivity contribution in [1.29, 1.82) is 0 Å². The van der Waals surface area contributed by atoms with E-state index in [1.54, 1.807) is 18.3 Å². The number of nitrogens with one attached hydrogen (secondary N) is 1. The minimum atomic E-state index is -0.836. The Morgan fingerprint density at radius 3 is 2.58 bits per heavy atom. The molecule has 3 heterocycles. The number of piperidine rings is 1. The van der Waals surface area contributed by atoms with E-state index in [0.29, 0.717) is 6.42 Å². The van der Waals surface area contributed by atoms with Gasteiger partial charge in [0.25, 0.3) is 5.91 Å². The van der Waals surface area contributed by atoms with Crippen molar-refractivity contribution in [1.82, 2.24) is 15.1 Å². The summed E-state index contributed by atoms with van der Waals surface area (Å²) in [6.45, 7) is 4.72. The van der Waals surface area contributed by atoms with Crippen molar-refractivity contribution in [3.05, 3.63) is 58.3 Å². The number of nitrogens with zero attached hydrogens (tertiary/aromatic N) is 2. The van der Waals surface area contributed by atoms with E-state index in [1.807, 2.05) is 18.2 Å². The molecule has 0 spiro atoms. The van der Waals surface area contributed by atoms with Crippen LogP contribution < -0.4 is 5.32 Å². The van der Waals surface area contributed by atoms with Crippen LogP contribution in [-0.2, 0) is 17.8 Å². The van der Waals surface area contributed by atoms with Crippen molar-refractivity contribution in [3.8, 4) is 11.8 Å². The third-order valence-electron chi connectivity index (χ3n) is 6.51. The number of likely N-dealkylation sites (tertiary alicyclic amines) is 1. The van der Waals surface area contributed by atoms with Gasteiger partial charge in [0.2, 0.25) is 0 Å². The summed E-state index contributed by atoms with van der Waals surface area (Å²) in [5, 5.41) is 5.24. The lowest BCUT2D eigenvalue weighted by Gasteiger charge is -2.41. The molecule has 2 saturated heterocycles. The molecule has 1 aromatic heterocycles. The second-order valence-corrected chi connectivity index (χ2v) is 9.37. The van der Waals surface area contributed by atoms with E-state index in [9.17, 15) is 9.59 Å². The molecule has 4 rings (SSSR count). The summed E-state index contributed by atoms with van der Waals surface area (Å²) in [7, 11) is 0. The van der Waals surface area contributed by atoms with E-state index in [2.05, 4.69) is 51.7 Å². The second kappa shape index (κ2) is 9.67. The fourth-order valence-electron chi connectivity index (χ4n) is 4.79. The Kier molecular flexibility index (Phi) is 6.74. The molecule has 1 aromatic carbocycles. The molecular weight excluding hydrogens is 406 g/mol. The van der Waals surface area contributed by atoms with Crippen molar-refractivity contribution in [2.45, 2.75) is 44.7 Å². The summed E-state index contributed by atoms with van der Waals surface area (Å²) >= 11 is 1.78. The van der Waals surface area contributed by atoms with Gasteiger partial charge in [0.15, 0.2) is 0 Å². The van der Waals surface area contributed by atoms with E-state index in [1.165, 1.54) is 15.3 Å². The summed E-state index contributed by atoms with van der Waals surface area (Å²) < 4.78 is 0. The summed E-state index contributed by atoms with van der Waals surface area (Å²) in [5.74, 6) is 5.71. The molecule has 0 bridgehead atoms. The van der Waals surface area contributed by atoms with Gasteiger partial charge in [-0.3, -0.25) is 14.6 Å². The first-order chi connectivity index (χ1) is 15.1.